The number of nitrogens with one attached hydrogen (secondary N) is 1. The summed E-state index contributed by atoms with van der Waals surface area (Å²) in [6, 6.07) is 7.43. The van der Waals surface area contributed by atoms with Crippen LogP contribution in [-0.2, 0) is 11.3 Å². The Bertz CT molecular complexity index is 433. The fourth-order valence-corrected chi connectivity index (χ4v) is 2.36. The highest BCUT2D eigenvalue weighted by Gasteiger charge is 2.19. The second-order valence-electron chi connectivity index (χ2n) is 4.82. The van der Waals surface area contributed by atoms with Crippen molar-refractivity contribution >= 4 is 17.5 Å². The van der Waals surface area contributed by atoms with Crippen LogP contribution in [0.5, 0.6) is 0 Å². The van der Waals surface area contributed by atoms with Crippen LogP contribution in [0.25, 0.3) is 0 Å². The van der Waals surface area contributed by atoms with E-state index in [1.165, 1.54) is 0 Å². The van der Waals surface area contributed by atoms with Crippen molar-refractivity contribution in [1.82, 2.24) is 10.2 Å². The minimum absolute atomic E-state index is 0.0442. The molecule has 0 unspecified atom stereocenters. The summed E-state index contributed by atoms with van der Waals surface area (Å²) in [6.45, 7) is 2.07. The largest absolute Gasteiger partial charge is 0.351 e. The molecule has 1 aliphatic heterocycles. The van der Waals surface area contributed by atoms with Crippen molar-refractivity contribution in [3.8, 4) is 0 Å². The van der Waals surface area contributed by atoms with Gasteiger partial charge in [-0.3, -0.25) is 9.69 Å². The average molecular weight is 285 g/mol. The highest BCUT2D eigenvalue weighted by molar-refractivity contribution is 6.31. The van der Waals surface area contributed by atoms with Crippen LogP contribution in [0.4, 0.5) is 4.39 Å². The molecular formula is C14H18ClFN2O. The second kappa shape index (κ2) is 6.87. The zero-order valence-electron chi connectivity index (χ0n) is 10.7. The SMILES string of the molecule is O=C(CN1CCC(F)CC1)NCc1ccccc1Cl. The van der Waals surface area contributed by atoms with Crippen LogP contribution < -0.4 is 5.32 Å². The lowest BCUT2D eigenvalue weighted by atomic mass is 10.1. The van der Waals surface area contributed by atoms with Crippen molar-refractivity contribution in [2.75, 3.05) is 19.6 Å². The number of amides is 1. The van der Waals surface area contributed by atoms with Gasteiger partial charge in [-0.2, -0.15) is 0 Å². The minimum Gasteiger partial charge on any atom is -0.351 e. The number of likely N-dealkylation sites (tertiary alicyclic amines) is 1. The van der Waals surface area contributed by atoms with Gasteiger partial charge in [-0.15, -0.1) is 0 Å². The lowest BCUT2D eigenvalue weighted by Gasteiger charge is -2.27. The number of nitrogens with zero attached hydrogens (tertiary/aromatic N) is 1. The Morgan fingerprint density at radius 3 is 2.74 bits per heavy atom. The topological polar surface area (TPSA) is 32.3 Å². The maximum Gasteiger partial charge on any atom is 0.234 e. The van der Waals surface area contributed by atoms with Crippen LogP contribution in [0.3, 0.4) is 0 Å². The minimum atomic E-state index is -0.706. The second-order valence-corrected chi connectivity index (χ2v) is 5.23. The van der Waals surface area contributed by atoms with E-state index in [0.29, 0.717) is 44.0 Å². The summed E-state index contributed by atoms with van der Waals surface area (Å²) < 4.78 is 13.0. The van der Waals surface area contributed by atoms with Crippen molar-refractivity contribution in [2.24, 2.45) is 0 Å². The van der Waals surface area contributed by atoms with Gasteiger partial charge in [0.2, 0.25) is 5.91 Å². The number of halogens is 2. The molecule has 0 radical (unpaired) electrons. The molecule has 5 heteroatoms. The molecule has 3 nitrogen and oxygen atoms in total. The number of rotatable bonds is 4. The van der Waals surface area contributed by atoms with Crippen LogP contribution >= 0.6 is 11.6 Å². The van der Waals surface area contributed by atoms with Gasteiger partial charge in [-0.1, -0.05) is 29.8 Å². The van der Waals surface area contributed by atoms with Crippen LogP contribution in [0.1, 0.15) is 18.4 Å². The van der Waals surface area contributed by atoms with Crippen molar-refractivity contribution in [3.63, 3.8) is 0 Å². The molecule has 2 rings (SSSR count). The fourth-order valence-electron chi connectivity index (χ4n) is 2.15. The van der Waals surface area contributed by atoms with Crippen molar-refractivity contribution in [2.45, 2.75) is 25.6 Å². The van der Waals surface area contributed by atoms with Gasteiger partial charge in [-0.05, 0) is 24.5 Å². The normalized spacial score (nSPS) is 17.4. The quantitative estimate of drug-likeness (QED) is 0.921. The molecule has 104 valence electrons. The fraction of sp³-hybridized carbons (Fsp3) is 0.500. The number of alkyl halides is 1. The first-order valence-electron chi connectivity index (χ1n) is 6.51. The Hall–Kier alpha value is -1.13. The molecule has 19 heavy (non-hydrogen) atoms. The molecule has 1 aliphatic rings. The molecule has 0 spiro atoms. The molecule has 1 aromatic carbocycles. The van der Waals surface area contributed by atoms with E-state index in [9.17, 15) is 9.18 Å². The molecular weight excluding hydrogens is 267 g/mol. The molecule has 0 aliphatic carbocycles. The van der Waals surface area contributed by atoms with Crippen LogP contribution in [-0.4, -0.2) is 36.6 Å². The van der Waals surface area contributed by atoms with Gasteiger partial charge >= 0.3 is 0 Å². The smallest absolute Gasteiger partial charge is 0.234 e. The number of piperidine rings is 1. The first-order valence-corrected chi connectivity index (χ1v) is 6.89. The molecule has 1 N–H and O–H groups in total. The Labute approximate surface area is 117 Å². The van der Waals surface area contributed by atoms with Crippen molar-refractivity contribution in [1.29, 1.82) is 0 Å². The zero-order valence-corrected chi connectivity index (χ0v) is 11.5. The Balaban J connectivity index is 1.74. The third-order valence-electron chi connectivity index (χ3n) is 3.32. The molecule has 1 amide bonds. The number of carbonyl (C=O) groups excluding carboxylic acids is 1. The summed E-state index contributed by atoms with van der Waals surface area (Å²) >= 11 is 6.01. The van der Waals surface area contributed by atoms with E-state index < -0.39 is 6.17 Å². The Morgan fingerprint density at radius 1 is 1.37 bits per heavy atom. The number of hydrogen-bond donors (Lipinski definition) is 1. The number of benzene rings is 1. The molecule has 1 aromatic rings. The lowest BCUT2D eigenvalue weighted by Crippen LogP contribution is -2.41. The van der Waals surface area contributed by atoms with Gasteiger partial charge in [-0.25, -0.2) is 4.39 Å². The summed E-state index contributed by atoms with van der Waals surface area (Å²) in [4.78, 5) is 13.8. The number of carbonyl (C=O) groups is 1. The highest BCUT2D eigenvalue weighted by atomic mass is 35.5. The summed E-state index contributed by atoms with van der Waals surface area (Å²) in [5.74, 6) is -0.0442. The van der Waals surface area contributed by atoms with Gasteiger partial charge < -0.3 is 5.32 Å². The summed E-state index contributed by atoms with van der Waals surface area (Å²) in [5, 5.41) is 3.49. The molecule has 1 fully saturated rings. The molecule has 0 aromatic heterocycles. The summed E-state index contributed by atoms with van der Waals surface area (Å²) in [6.07, 6.45) is 0.345. The average Bonchev–Trinajstić information content (AvgIpc) is 2.40. The maximum absolute atomic E-state index is 13.0. The van der Waals surface area contributed by atoms with E-state index in [1.807, 2.05) is 23.1 Å². The molecule has 0 saturated carbocycles. The van der Waals surface area contributed by atoms with E-state index in [0.717, 1.165) is 5.56 Å². The van der Waals surface area contributed by atoms with Gasteiger partial charge in [0.25, 0.3) is 0 Å². The van der Waals surface area contributed by atoms with E-state index in [1.54, 1.807) is 6.07 Å². The summed E-state index contributed by atoms with van der Waals surface area (Å²) in [7, 11) is 0. The van der Waals surface area contributed by atoms with Crippen molar-refractivity contribution in [3.05, 3.63) is 34.9 Å². The Morgan fingerprint density at radius 2 is 2.05 bits per heavy atom. The molecule has 0 bridgehead atoms. The van der Waals surface area contributed by atoms with Crippen LogP contribution in [0.2, 0.25) is 5.02 Å². The number of hydrogen-bond acceptors (Lipinski definition) is 2. The highest BCUT2D eigenvalue weighted by Crippen LogP contribution is 2.15. The lowest BCUT2D eigenvalue weighted by molar-refractivity contribution is -0.122. The van der Waals surface area contributed by atoms with Gasteiger partial charge in [0.15, 0.2) is 0 Å². The predicted molar refractivity (Wildman–Crippen MR) is 73.9 cm³/mol. The van der Waals surface area contributed by atoms with E-state index >= 15 is 0 Å². The third kappa shape index (κ3) is 4.48. The first-order chi connectivity index (χ1) is 9.15. The standard InChI is InChI=1S/C14H18ClFN2O/c15-13-4-2-1-3-11(13)9-17-14(19)10-18-7-5-12(16)6-8-18/h1-4,12H,5-10H2,(H,17,19). The molecule has 1 saturated heterocycles. The first kappa shape index (κ1) is 14.3. The van der Waals surface area contributed by atoms with Crippen LogP contribution in [0.15, 0.2) is 24.3 Å². The van der Waals surface area contributed by atoms with Crippen molar-refractivity contribution < 1.29 is 9.18 Å². The zero-order chi connectivity index (χ0) is 13.7. The van der Waals surface area contributed by atoms with E-state index in [4.69, 9.17) is 11.6 Å². The third-order valence-corrected chi connectivity index (χ3v) is 3.69. The monoisotopic (exact) mass is 284 g/mol. The Kier molecular flexibility index (Phi) is 5.16. The van der Waals surface area contributed by atoms with Gasteiger partial charge in [0, 0.05) is 24.7 Å². The maximum atomic E-state index is 13.0. The predicted octanol–water partition coefficient (Wildman–Crippen LogP) is 2.39. The van der Waals surface area contributed by atoms with Gasteiger partial charge in [0.05, 0.1) is 6.54 Å². The van der Waals surface area contributed by atoms with E-state index in [2.05, 4.69) is 5.32 Å². The molecule has 0 atom stereocenters. The van der Waals surface area contributed by atoms with Crippen LogP contribution in [0, 0.1) is 0 Å². The summed E-state index contributed by atoms with van der Waals surface area (Å²) in [5.41, 5.74) is 0.903. The van der Waals surface area contributed by atoms with Gasteiger partial charge in [0.1, 0.15) is 6.17 Å². The van der Waals surface area contributed by atoms with E-state index in [-0.39, 0.29) is 5.91 Å². The molecule has 1 heterocycles.